The van der Waals surface area contributed by atoms with Gasteiger partial charge in [0.1, 0.15) is 5.82 Å². The lowest BCUT2D eigenvalue weighted by Gasteiger charge is -2.23. The number of nitrogens with zero attached hydrogens (tertiary/aromatic N) is 3. The standard InChI is InChI=1S/C19H19N4O2S/c20-26(24,25)18-6-4-16(5-7-18)10-14-23(19-3-1-2-11-22-19)15-17-8-12-21-13-9-17/h1-2,4-9,11-13H,10,14-15H2,(H2,20,24,25). The molecule has 0 bridgehead atoms. The molecule has 2 heterocycles. The van der Waals surface area contributed by atoms with Crippen molar-refractivity contribution in [1.29, 1.82) is 0 Å². The van der Waals surface area contributed by atoms with Crippen molar-refractivity contribution in [1.82, 2.24) is 9.97 Å². The van der Waals surface area contributed by atoms with Crippen molar-refractivity contribution in [2.75, 3.05) is 11.4 Å². The fourth-order valence-corrected chi connectivity index (χ4v) is 3.08. The van der Waals surface area contributed by atoms with E-state index in [0.717, 1.165) is 23.4 Å². The van der Waals surface area contributed by atoms with Crippen molar-refractivity contribution in [2.24, 2.45) is 5.14 Å². The van der Waals surface area contributed by atoms with Crippen LogP contribution in [0.25, 0.3) is 0 Å². The van der Waals surface area contributed by atoms with Crippen molar-refractivity contribution in [3.63, 3.8) is 0 Å². The Morgan fingerprint density at radius 3 is 2.35 bits per heavy atom. The molecule has 3 rings (SSSR count). The van der Waals surface area contributed by atoms with Gasteiger partial charge in [-0.05, 0) is 53.9 Å². The highest BCUT2D eigenvalue weighted by Gasteiger charge is 2.10. The summed E-state index contributed by atoms with van der Waals surface area (Å²) in [7, 11) is -3.67. The highest BCUT2D eigenvalue weighted by Crippen LogP contribution is 2.15. The van der Waals surface area contributed by atoms with Crippen LogP contribution >= 0.6 is 0 Å². The zero-order valence-corrected chi connectivity index (χ0v) is 14.9. The summed E-state index contributed by atoms with van der Waals surface area (Å²) in [6.07, 6.45) is 6.01. The van der Waals surface area contributed by atoms with Crippen LogP contribution in [0.5, 0.6) is 0 Å². The number of nitrogens with two attached hydrogens (primary N) is 1. The number of hydrogen-bond donors (Lipinski definition) is 1. The van der Waals surface area contributed by atoms with Gasteiger partial charge in [-0.2, -0.15) is 0 Å². The molecule has 0 atom stereocenters. The lowest BCUT2D eigenvalue weighted by Crippen LogP contribution is -2.26. The maximum absolute atomic E-state index is 11.4. The number of rotatable bonds is 7. The van der Waals surface area contributed by atoms with Crippen molar-refractivity contribution in [3.05, 3.63) is 84.3 Å². The second-order valence-electron chi connectivity index (χ2n) is 5.82. The molecule has 7 heteroatoms. The van der Waals surface area contributed by atoms with E-state index in [1.165, 1.54) is 12.1 Å². The van der Waals surface area contributed by atoms with Crippen molar-refractivity contribution in [3.8, 4) is 0 Å². The van der Waals surface area contributed by atoms with Gasteiger partial charge < -0.3 is 4.90 Å². The van der Waals surface area contributed by atoms with E-state index >= 15 is 0 Å². The van der Waals surface area contributed by atoms with E-state index in [-0.39, 0.29) is 4.90 Å². The number of anilines is 1. The fourth-order valence-electron chi connectivity index (χ4n) is 2.57. The minimum absolute atomic E-state index is 0.118. The Morgan fingerprint density at radius 1 is 1.00 bits per heavy atom. The SMILES string of the molecule is NS(=O)(=O)c1ccc(CCN(Cc2ccncc2)c2[c]cccn2)cc1. The maximum Gasteiger partial charge on any atom is 0.238 e. The van der Waals surface area contributed by atoms with Crippen LogP contribution in [0.4, 0.5) is 5.82 Å². The highest BCUT2D eigenvalue weighted by molar-refractivity contribution is 7.89. The Balaban J connectivity index is 1.73. The van der Waals surface area contributed by atoms with Crippen molar-refractivity contribution < 1.29 is 8.42 Å². The molecule has 3 aromatic rings. The number of primary sulfonamides is 1. The largest absolute Gasteiger partial charge is 0.351 e. The molecule has 0 unspecified atom stereocenters. The molecule has 2 N–H and O–H groups in total. The van der Waals surface area contributed by atoms with E-state index in [0.29, 0.717) is 13.1 Å². The summed E-state index contributed by atoms with van der Waals surface area (Å²) >= 11 is 0. The zero-order valence-electron chi connectivity index (χ0n) is 14.1. The first-order valence-electron chi connectivity index (χ1n) is 8.11. The summed E-state index contributed by atoms with van der Waals surface area (Å²) in [5.74, 6) is 0.769. The van der Waals surface area contributed by atoms with Crippen LogP contribution in [0.15, 0.2) is 72.0 Å². The van der Waals surface area contributed by atoms with E-state index in [2.05, 4.69) is 20.9 Å². The lowest BCUT2D eigenvalue weighted by atomic mass is 10.1. The van der Waals surface area contributed by atoms with Gasteiger partial charge in [0.25, 0.3) is 0 Å². The molecule has 0 spiro atoms. The lowest BCUT2D eigenvalue weighted by molar-refractivity contribution is 0.597. The molecule has 2 aromatic heterocycles. The molecule has 6 nitrogen and oxygen atoms in total. The fraction of sp³-hybridized carbons (Fsp3) is 0.158. The Labute approximate surface area is 153 Å². The van der Waals surface area contributed by atoms with Gasteiger partial charge in [0.05, 0.1) is 4.90 Å². The average Bonchev–Trinajstić information content (AvgIpc) is 2.66. The molecule has 0 aliphatic rings. The Morgan fingerprint density at radius 2 is 1.73 bits per heavy atom. The summed E-state index contributed by atoms with van der Waals surface area (Å²) in [5.41, 5.74) is 2.15. The molecule has 0 amide bonds. The third kappa shape index (κ3) is 4.87. The molecule has 0 fully saturated rings. The summed E-state index contributed by atoms with van der Waals surface area (Å²) in [5, 5.41) is 5.14. The predicted octanol–water partition coefficient (Wildman–Crippen LogP) is 2.17. The van der Waals surface area contributed by atoms with Gasteiger partial charge in [0.2, 0.25) is 10.0 Å². The number of pyridine rings is 2. The molecule has 133 valence electrons. The quantitative estimate of drug-likeness (QED) is 0.691. The molecule has 0 saturated heterocycles. The normalized spacial score (nSPS) is 11.3. The smallest absolute Gasteiger partial charge is 0.238 e. The van der Waals surface area contributed by atoms with Gasteiger partial charge in [-0.1, -0.05) is 12.1 Å². The first-order chi connectivity index (χ1) is 12.5. The van der Waals surface area contributed by atoms with E-state index in [1.807, 2.05) is 24.3 Å². The molecule has 1 radical (unpaired) electrons. The number of sulfonamides is 1. The first kappa shape index (κ1) is 18.0. The van der Waals surface area contributed by atoms with Gasteiger partial charge in [-0.25, -0.2) is 18.5 Å². The Bertz CT molecular complexity index is 930. The van der Waals surface area contributed by atoms with Gasteiger partial charge in [-0.3, -0.25) is 4.98 Å². The van der Waals surface area contributed by atoms with Crippen LogP contribution in [0.3, 0.4) is 0 Å². The van der Waals surface area contributed by atoms with E-state index in [1.54, 1.807) is 30.7 Å². The van der Waals surface area contributed by atoms with Crippen molar-refractivity contribution in [2.45, 2.75) is 17.9 Å². The summed E-state index contributed by atoms with van der Waals surface area (Å²) in [6, 6.07) is 17.4. The summed E-state index contributed by atoms with van der Waals surface area (Å²) in [6.45, 7) is 1.40. The van der Waals surface area contributed by atoms with Crippen LogP contribution in [0, 0.1) is 6.07 Å². The van der Waals surface area contributed by atoms with Crippen LogP contribution in [0.2, 0.25) is 0 Å². The first-order valence-corrected chi connectivity index (χ1v) is 9.65. The minimum atomic E-state index is -3.67. The van der Waals surface area contributed by atoms with Gasteiger partial charge in [0, 0.05) is 37.7 Å². The van der Waals surface area contributed by atoms with Crippen LogP contribution in [-0.2, 0) is 23.0 Å². The van der Waals surface area contributed by atoms with Crippen LogP contribution in [0.1, 0.15) is 11.1 Å². The average molecular weight is 367 g/mol. The van der Waals surface area contributed by atoms with E-state index in [9.17, 15) is 8.42 Å². The number of hydrogen-bond acceptors (Lipinski definition) is 5. The van der Waals surface area contributed by atoms with Crippen LogP contribution in [-0.4, -0.2) is 24.9 Å². The molecule has 26 heavy (non-hydrogen) atoms. The molecule has 1 aromatic carbocycles. The third-order valence-corrected chi connectivity index (χ3v) is 4.87. The highest BCUT2D eigenvalue weighted by atomic mass is 32.2. The van der Waals surface area contributed by atoms with E-state index < -0.39 is 10.0 Å². The van der Waals surface area contributed by atoms with Gasteiger partial charge >= 0.3 is 0 Å². The van der Waals surface area contributed by atoms with Gasteiger partial charge in [0.15, 0.2) is 0 Å². The Hall–Kier alpha value is -2.77. The maximum atomic E-state index is 11.4. The topological polar surface area (TPSA) is 89.2 Å². The number of benzene rings is 1. The van der Waals surface area contributed by atoms with E-state index in [4.69, 9.17) is 5.14 Å². The van der Waals surface area contributed by atoms with Gasteiger partial charge in [-0.15, -0.1) is 0 Å². The molecule has 0 saturated carbocycles. The number of aromatic nitrogens is 2. The second-order valence-corrected chi connectivity index (χ2v) is 7.38. The molecular formula is C19H19N4O2S. The monoisotopic (exact) mass is 367 g/mol. The van der Waals surface area contributed by atoms with Crippen LogP contribution < -0.4 is 10.0 Å². The molecular weight excluding hydrogens is 348 g/mol. The summed E-state index contributed by atoms with van der Waals surface area (Å²) in [4.78, 5) is 10.7. The third-order valence-electron chi connectivity index (χ3n) is 3.94. The second kappa shape index (κ2) is 8.07. The minimum Gasteiger partial charge on any atom is -0.351 e. The predicted molar refractivity (Wildman–Crippen MR) is 99.9 cm³/mol. The zero-order chi connectivity index (χ0) is 18.4. The Kier molecular flexibility index (Phi) is 5.60. The van der Waals surface area contributed by atoms with Crippen molar-refractivity contribution >= 4 is 15.8 Å². The molecule has 0 aliphatic carbocycles. The molecule has 0 aliphatic heterocycles. The summed E-state index contributed by atoms with van der Waals surface area (Å²) < 4.78 is 22.7.